The van der Waals surface area contributed by atoms with Crippen LogP contribution >= 0.6 is 0 Å². The third-order valence-electron chi connectivity index (χ3n) is 2.53. The normalized spacial score (nSPS) is 7.73. The van der Waals surface area contributed by atoms with E-state index in [1.54, 1.807) is 0 Å². The number of benzene rings is 1. The van der Waals surface area contributed by atoms with Crippen molar-refractivity contribution < 1.29 is 0 Å². The molecule has 0 unspecified atom stereocenters. The van der Waals surface area contributed by atoms with E-state index in [0.717, 1.165) is 5.56 Å². The summed E-state index contributed by atoms with van der Waals surface area (Å²) in [6, 6.07) is 8.17. The van der Waals surface area contributed by atoms with Gasteiger partial charge in [-0.3, -0.25) is 0 Å². The van der Waals surface area contributed by atoms with Crippen LogP contribution in [0, 0.1) is 71.5 Å². The van der Waals surface area contributed by atoms with Crippen molar-refractivity contribution in [2.24, 2.45) is 0 Å². The molecule has 0 radical (unpaired) electrons. The third kappa shape index (κ3) is 6.66. The maximum atomic E-state index is 4.94. The highest BCUT2D eigenvalue weighted by Crippen LogP contribution is 2.21. The maximum Gasteiger partial charge on any atom is 0.0255 e. The van der Waals surface area contributed by atoms with Crippen LogP contribution in [-0.2, 0) is 5.41 Å². The first-order valence-corrected chi connectivity index (χ1v) is 6.61. The summed E-state index contributed by atoms with van der Waals surface area (Å²) in [7, 11) is 0. The largest absolute Gasteiger partial charge is 0.106 e. The lowest BCUT2D eigenvalue weighted by Crippen LogP contribution is -2.10. The van der Waals surface area contributed by atoms with Gasteiger partial charge >= 0.3 is 0 Å². The minimum Gasteiger partial charge on any atom is -0.106 e. The van der Waals surface area contributed by atoms with Crippen molar-refractivity contribution in [1.82, 2.24) is 0 Å². The van der Waals surface area contributed by atoms with Gasteiger partial charge in [-0.1, -0.05) is 38.8 Å². The lowest BCUT2D eigenvalue weighted by Gasteiger charge is -2.18. The molecule has 0 N–H and O–H groups in total. The van der Waals surface area contributed by atoms with Crippen LogP contribution in [0.5, 0.6) is 0 Å². The van der Waals surface area contributed by atoms with Crippen LogP contribution in [0.4, 0.5) is 0 Å². The fourth-order valence-corrected chi connectivity index (χ4v) is 1.41. The highest BCUT2D eigenvalue weighted by atomic mass is 14.2. The number of hydrogen-bond acceptors (Lipinski definition) is 0. The molecule has 0 spiro atoms. The minimum absolute atomic E-state index is 0.146. The first-order chi connectivity index (χ1) is 10.5. The molecule has 0 bridgehead atoms. The van der Waals surface area contributed by atoms with Crippen LogP contribution in [0.3, 0.4) is 0 Å². The van der Waals surface area contributed by atoms with Crippen LogP contribution in [0.1, 0.15) is 31.9 Å². The van der Waals surface area contributed by atoms with E-state index in [0.29, 0.717) is 0 Å². The smallest absolute Gasteiger partial charge is 0.0255 e. The van der Waals surface area contributed by atoms with E-state index in [9.17, 15) is 0 Å². The van der Waals surface area contributed by atoms with Gasteiger partial charge < -0.3 is 0 Å². The molecule has 0 heteroatoms. The molecule has 0 aliphatic rings. The lowest BCUT2D eigenvalue weighted by molar-refractivity contribution is 0.590. The van der Waals surface area contributed by atoms with E-state index < -0.39 is 0 Å². The van der Waals surface area contributed by atoms with Gasteiger partial charge in [-0.2, -0.15) is 0 Å². The van der Waals surface area contributed by atoms with E-state index in [4.69, 9.17) is 6.42 Å². The molecular formula is C22H14. The van der Waals surface area contributed by atoms with Crippen LogP contribution in [0.15, 0.2) is 24.3 Å². The third-order valence-corrected chi connectivity index (χ3v) is 2.53. The van der Waals surface area contributed by atoms with Gasteiger partial charge in [0, 0.05) is 5.56 Å². The van der Waals surface area contributed by atoms with Gasteiger partial charge in [-0.15, -0.1) is 6.42 Å². The molecule has 1 aromatic rings. The molecular weight excluding hydrogens is 264 g/mol. The van der Waals surface area contributed by atoms with Crippen molar-refractivity contribution in [3.8, 4) is 71.5 Å². The van der Waals surface area contributed by atoms with Crippen LogP contribution < -0.4 is 0 Å². The van der Waals surface area contributed by atoms with Crippen LogP contribution in [-0.4, -0.2) is 0 Å². The Morgan fingerprint density at radius 3 is 1.59 bits per heavy atom. The van der Waals surface area contributed by atoms with E-state index in [2.05, 4.69) is 98.0 Å². The molecule has 1 aromatic carbocycles. The van der Waals surface area contributed by atoms with Gasteiger partial charge in [0.05, 0.1) is 0 Å². The van der Waals surface area contributed by atoms with Crippen LogP contribution in [0.25, 0.3) is 0 Å². The zero-order chi connectivity index (χ0) is 16.3. The molecule has 0 heterocycles. The van der Waals surface area contributed by atoms with Crippen molar-refractivity contribution in [3.63, 3.8) is 0 Å². The van der Waals surface area contributed by atoms with Crippen molar-refractivity contribution in [2.75, 3.05) is 0 Å². The minimum atomic E-state index is 0.146. The van der Waals surface area contributed by atoms with Gasteiger partial charge in [-0.25, -0.2) is 0 Å². The molecule has 1 rings (SSSR count). The predicted octanol–water partition coefficient (Wildman–Crippen LogP) is 2.98. The first kappa shape index (κ1) is 16.6. The van der Waals surface area contributed by atoms with Crippen molar-refractivity contribution in [3.05, 3.63) is 35.4 Å². The molecule has 0 atom stereocenters. The summed E-state index contributed by atoms with van der Waals surface area (Å²) in [6.07, 6.45) is 4.94. The average Bonchev–Trinajstić information content (AvgIpc) is 2.49. The molecule has 0 aliphatic heterocycles. The Kier molecular flexibility index (Phi) is 6.57. The summed E-state index contributed by atoms with van der Waals surface area (Å²) >= 11 is 0. The molecule has 0 nitrogen and oxygen atoms in total. The first-order valence-electron chi connectivity index (χ1n) is 6.61. The standard InChI is InChI=1S/C22H14/c1-5-6-7-8-9-10-11-12-13-14-15-20-16-18-21(19-17-20)22(2,3)4/h1,16-19H,2-4H3. The average molecular weight is 278 g/mol. The fourth-order valence-electron chi connectivity index (χ4n) is 1.41. The quantitative estimate of drug-likeness (QED) is 0.640. The number of hydrogen-bond donors (Lipinski definition) is 0. The summed E-state index contributed by atoms with van der Waals surface area (Å²) < 4.78 is 0. The van der Waals surface area contributed by atoms with Gasteiger partial charge in [0.25, 0.3) is 0 Å². The van der Waals surface area contributed by atoms with Crippen molar-refractivity contribution in [2.45, 2.75) is 26.2 Å². The summed E-state index contributed by atoms with van der Waals surface area (Å²) in [5.41, 5.74) is 2.36. The van der Waals surface area contributed by atoms with Crippen molar-refractivity contribution in [1.29, 1.82) is 0 Å². The van der Waals surface area contributed by atoms with E-state index >= 15 is 0 Å². The van der Waals surface area contributed by atoms with Gasteiger partial charge in [0.15, 0.2) is 0 Å². The Morgan fingerprint density at radius 1 is 0.682 bits per heavy atom. The SMILES string of the molecule is C#CC#CC#CC#CC#CC#Cc1ccc(C(C)(C)C)cc1. The molecule has 0 aromatic heterocycles. The molecule has 0 aliphatic carbocycles. The van der Waals surface area contributed by atoms with E-state index in [1.165, 1.54) is 5.56 Å². The Labute approximate surface area is 133 Å². The Hall–Kier alpha value is -3.42. The van der Waals surface area contributed by atoms with Gasteiger partial charge in [0.2, 0.25) is 0 Å². The fraction of sp³-hybridized carbons (Fsp3) is 0.182. The van der Waals surface area contributed by atoms with E-state index in [-0.39, 0.29) is 5.41 Å². The maximum absolute atomic E-state index is 4.94. The Morgan fingerprint density at radius 2 is 1.14 bits per heavy atom. The second-order valence-electron chi connectivity index (χ2n) is 5.22. The lowest BCUT2D eigenvalue weighted by atomic mass is 9.87. The molecule has 22 heavy (non-hydrogen) atoms. The molecule has 0 amide bonds. The highest BCUT2D eigenvalue weighted by Gasteiger charge is 2.12. The zero-order valence-corrected chi connectivity index (χ0v) is 12.9. The van der Waals surface area contributed by atoms with Crippen molar-refractivity contribution >= 4 is 0 Å². The molecule has 0 saturated carbocycles. The summed E-state index contributed by atoms with van der Waals surface area (Å²) in [4.78, 5) is 0. The predicted molar refractivity (Wildman–Crippen MR) is 92.0 cm³/mol. The number of rotatable bonds is 0. The second kappa shape index (κ2) is 8.69. The summed E-state index contributed by atoms with van der Waals surface area (Å²) in [5.74, 6) is 28.1. The monoisotopic (exact) mass is 278 g/mol. The topological polar surface area (TPSA) is 0 Å². The highest BCUT2D eigenvalue weighted by molar-refractivity contribution is 5.46. The van der Waals surface area contributed by atoms with E-state index in [1.807, 2.05) is 12.1 Å². The Balaban J connectivity index is 2.66. The summed E-state index contributed by atoms with van der Waals surface area (Å²) in [5, 5.41) is 0. The second-order valence-corrected chi connectivity index (χ2v) is 5.22. The van der Waals surface area contributed by atoms with Gasteiger partial charge in [-0.05, 0) is 82.3 Å². The van der Waals surface area contributed by atoms with Crippen LogP contribution in [0.2, 0.25) is 0 Å². The Bertz CT molecular complexity index is 868. The molecule has 0 saturated heterocycles. The molecule has 102 valence electrons. The zero-order valence-electron chi connectivity index (χ0n) is 12.9. The number of terminal acetylenes is 1. The molecule has 0 fully saturated rings. The van der Waals surface area contributed by atoms with Gasteiger partial charge in [0.1, 0.15) is 0 Å². The summed E-state index contributed by atoms with van der Waals surface area (Å²) in [6.45, 7) is 6.54.